The van der Waals surface area contributed by atoms with Gasteiger partial charge in [0.1, 0.15) is 11.3 Å². The Hall–Kier alpha value is -7.68. The van der Waals surface area contributed by atoms with Gasteiger partial charge in [-0.15, -0.1) is 0 Å². The second-order valence-corrected chi connectivity index (χ2v) is 14.6. The predicted octanol–water partition coefficient (Wildman–Crippen LogP) is 15.9. The van der Waals surface area contributed by atoms with Crippen molar-refractivity contribution in [3.8, 4) is 67.0 Å². The maximum atomic E-state index is 6.38. The summed E-state index contributed by atoms with van der Waals surface area (Å²) >= 11 is 0. The molecule has 0 atom stereocenters. The van der Waals surface area contributed by atoms with Crippen LogP contribution < -0.4 is 4.90 Å². The van der Waals surface area contributed by atoms with Crippen LogP contribution in [0.2, 0.25) is 0 Å². The molecule has 0 saturated heterocycles. The summed E-state index contributed by atoms with van der Waals surface area (Å²) in [7, 11) is 0. The zero-order valence-corrected chi connectivity index (χ0v) is 31.9. The molecular weight excluding hydrogens is 703 g/mol. The van der Waals surface area contributed by atoms with Gasteiger partial charge in [-0.25, -0.2) is 0 Å². The Kier molecular flexibility index (Phi) is 9.27. The van der Waals surface area contributed by atoms with Gasteiger partial charge in [-0.3, -0.25) is 0 Å². The molecule has 0 aliphatic rings. The van der Waals surface area contributed by atoms with Gasteiger partial charge in [-0.05, 0) is 116 Å². The number of benzene rings is 9. The number of fused-ring (bicyclic) bond motifs is 1. The second-order valence-electron chi connectivity index (χ2n) is 14.6. The first-order valence-corrected chi connectivity index (χ1v) is 19.7. The number of para-hydroxylation sites is 1. The van der Waals surface area contributed by atoms with Crippen LogP contribution in [0.25, 0.3) is 77.9 Å². The SMILES string of the molecule is c1ccc(-c2cc(-c3ccccc3)cc(N(c3ccc(-c4ccccc4-c4cc5ccccc5o4)cc3)c3cc(-c4ccccc4)cc(-c4ccccc4)c3)c2)cc1. The van der Waals surface area contributed by atoms with E-state index in [0.29, 0.717) is 0 Å². The van der Waals surface area contributed by atoms with Crippen molar-refractivity contribution in [3.63, 3.8) is 0 Å². The van der Waals surface area contributed by atoms with Crippen LogP contribution in [-0.2, 0) is 0 Å². The smallest absolute Gasteiger partial charge is 0.136 e. The molecule has 0 bridgehead atoms. The quantitative estimate of drug-likeness (QED) is 0.146. The molecule has 1 aromatic heterocycles. The van der Waals surface area contributed by atoms with E-state index < -0.39 is 0 Å². The lowest BCUT2D eigenvalue weighted by Crippen LogP contribution is -2.11. The van der Waals surface area contributed by atoms with Gasteiger partial charge in [-0.1, -0.05) is 176 Å². The Labute approximate surface area is 339 Å². The van der Waals surface area contributed by atoms with Gasteiger partial charge in [0.25, 0.3) is 0 Å². The Morgan fingerprint density at radius 2 is 0.655 bits per heavy atom. The van der Waals surface area contributed by atoms with Gasteiger partial charge in [0.2, 0.25) is 0 Å². The summed E-state index contributed by atoms with van der Waals surface area (Å²) in [5.74, 6) is 0.861. The molecule has 0 unspecified atom stereocenters. The third kappa shape index (κ3) is 7.00. The molecule has 2 heteroatoms. The number of anilines is 3. The van der Waals surface area contributed by atoms with Gasteiger partial charge >= 0.3 is 0 Å². The lowest BCUT2D eigenvalue weighted by atomic mass is 9.95. The summed E-state index contributed by atoms with van der Waals surface area (Å²) < 4.78 is 6.38. The Morgan fingerprint density at radius 1 is 0.259 bits per heavy atom. The number of hydrogen-bond donors (Lipinski definition) is 0. The molecule has 0 spiro atoms. The molecule has 274 valence electrons. The summed E-state index contributed by atoms with van der Waals surface area (Å²) in [6.07, 6.45) is 0. The molecule has 0 amide bonds. The fourth-order valence-electron chi connectivity index (χ4n) is 7.97. The highest BCUT2D eigenvalue weighted by Crippen LogP contribution is 2.44. The molecule has 58 heavy (non-hydrogen) atoms. The molecule has 0 aliphatic heterocycles. The zero-order valence-electron chi connectivity index (χ0n) is 31.9. The van der Waals surface area contributed by atoms with Crippen LogP contribution in [0.5, 0.6) is 0 Å². The Balaban J connectivity index is 1.18. The minimum Gasteiger partial charge on any atom is -0.456 e. The number of hydrogen-bond acceptors (Lipinski definition) is 2. The van der Waals surface area contributed by atoms with E-state index in [1.54, 1.807) is 0 Å². The van der Waals surface area contributed by atoms with E-state index in [1.165, 1.54) is 22.3 Å². The van der Waals surface area contributed by atoms with Crippen LogP contribution in [0.3, 0.4) is 0 Å². The van der Waals surface area contributed by atoms with Crippen molar-refractivity contribution in [2.75, 3.05) is 4.90 Å². The lowest BCUT2D eigenvalue weighted by molar-refractivity contribution is 0.632. The minimum atomic E-state index is 0.861. The van der Waals surface area contributed by atoms with Gasteiger partial charge in [0.05, 0.1) is 0 Å². The number of rotatable bonds is 9. The van der Waals surface area contributed by atoms with Gasteiger partial charge in [0, 0.05) is 28.0 Å². The molecule has 9 aromatic carbocycles. The highest BCUT2D eigenvalue weighted by atomic mass is 16.3. The van der Waals surface area contributed by atoms with Crippen molar-refractivity contribution in [3.05, 3.63) is 237 Å². The van der Waals surface area contributed by atoms with Crippen LogP contribution in [0, 0.1) is 0 Å². The largest absolute Gasteiger partial charge is 0.456 e. The van der Waals surface area contributed by atoms with E-state index >= 15 is 0 Å². The minimum absolute atomic E-state index is 0.861. The van der Waals surface area contributed by atoms with Crippen LogP contribution in [0.1, 0.15) is 0 Å². The third-order valence-electron chi connectivity index (χ3n) is 10.8. The first kappa shape index (κ1) is 34.8. The maximum Gasteiger partial charge on any atom is 0.136 e. The Morgan fingerprint density at radius 3 is 1.10 bits per heavy atom. The van der Waals surface area contributed by atoms with Crippen molar-refractivity contribution in [1.29, 1.82) is 0 Å². The van der Waals surface area contributed by atoms with E-state index in [-0.39, 0.29) is 0 Å². The molecule has 0 radical (unpaired) electrons. The average molecular weight is 742 g/mol. The fourth-order valence-corrected chi connectivity index (χ4v) is 7.97. The molecule has 0 aliphatic carbocycles. The van der Waals surface area contributed by atoms with Gasteiger partial charge < -0.3 is 9.32 Å². The normalized spacial score (nSPS) is 11.1. The topological polar surface area (TPSA) is 16.4 Å². The standard InChI is InChI=1S/C56H39NO/c1-5-17-40(18-6-1)46-33-47(41-19-7-2-8-20-41)36-51(35-46)57(52-37-48(42-21-9-3-10-22-42)34-49(38-52)43-23-11-4-12-24-43)50-31-29-44(30-32-50)53-26-14-15-27-54(53)56-39-45-25-13-16-28-55(45)58-56/h1-39H. The lowest BCUT2D eigenvalue weighted by Gasteiger charge is -2.28. The zero-order chi connectivity index (χ0) is 38.7. The Bertz CT molecular complexity index is 2690. The summed E-state index contributed by atoms with van der Waals surface area (Å²) in [5.41, 5.74) is 16.7. The number of furan rings is 1. The first-order chi connectivity index (χ1) is 28.7. The molecule has 0 fully saturated rings. The number of nitrogens with zero attached hydrogens (tertiary/aromatic N) is 1. The van der Waals surface area contributed by atoms with Crippen molar-refractivity contribution in [2.24, 2.45) is 0 Å². The molecular formula is C56H39NO. The molecule has 2 nitrogen and oxygen atoms in total. The summed E-state index contributed by atoms with van der Waals surface area (Å²) in [6.45, 7) is 0. The van der Waals surface area contributed by atoms with E-state index in [2.05, 4.69) is 229 Å². The average Bonchev–Trinajstić information content (AvgIpc) is 3.75. The highest BCUT2D eigenvalue weighted by molar-refractivity contribution is 5.91. The monoisotopic (exact) mass is 741 g/mol. The van der Waals surface area contributed by atoms with Crippen molar-refractivity contribution in [1.82, 2.24) is 0 Å². The van der Waals surface area contributed by atoms with E-state index in [1.807, 2.05) is 12.1 Å². The second kappa shape index (κ2) is 15.5. The molecule has 10 rings (SSSR count). The van der Waals surface area contributed by atoms with E-state index in [9.17, 15) is 0 Å². The molecule has 1 heterocycles. The predicted molar refractivity (Wildman–Crippen MR) is 244 cm³/mol. The van der Waals surface area contributed by atoms with E-state index in [4.69, 9.17) is 4.42 Å². The van der Waals surface area contributed by atoms with Crippen LogP contribution in [-0.4, -0.2) is 0 Å². The molecule has 0 N–H and O–H groups in total. The summed E-state index contributed by atoms with van der Waals surface area (Å²) in [5, 5.41) is 1.10. The van der Waals surface area contributed by atoms with E-state index in [0.717, 1.165) is 72.7 Å². The fraction of sp³-hybridized carbons (Fsp3) is 0. The van der Waals surface area contributed by atoms with Crippen molar-refractivity contribution < 1.29 is 4.42 Å². The highest BCUT2D eigenvalue weighted by Gasteiger charge is 2.19. The van der Waals surface area contributed by atoms with Crippen LogP contribution >= 0.6 is 0 Å². The molecule has 10 aromatic rings. The summed E-state index contributed by atoms with van der Waals surface area (Å²) in [6, 6.07) is 84.4. The van der Waals surface area contributed by atoms with Gasteiger partial charge in [0.15, 0.2) is 0 Å². The molecule has 0 saturated carbocycles. The first-order valence-electron chi connectivity index (χ1n) is 19.7. The summed E-state index contributed by atoms with van der Waals surface area (Å²) in [4.78, 5) is 2.41. The third-order valence-corrected chi connectivity index (χ3v) is 10.8. The van der Waals surface area contributed by atoms with Gasteiger partial charge in [-0.2, -0.15) is 0 Å². The van der Waals surface area contributed by atoms with Crippen LogP contribution in [0.4, 0.5) is 17.1 Å². The van der Waals surface area contributed by atoms with Crippen molar-refractivity contribution >= 4 is 28.0 Å². The maximum absolute atomic E-state index is 6.38. The van der Waals surface area contributed by atoms with Crippen LogP contribution in [0.15, 0.2) is 241 Å². The van der Waals surface area contributed by atoms with Crippen molar-refractivity contribution in [2.45, 2.75) is 0 Å².